The van der Waals surface area contributed by atoms with Crippen LogP contribution in [0.15, 0.2) is 18.2 Å². The van der Waals surface area contributed by atoms with Crippen LogP contribution in [0.4, 0.5) is 11.4 Å². The lowest BCUT2D eigenvalue weighted by atomic mass is 10.2. The van der Waals surface area contributed by atoms with Crippen molar-refractivity contribution < 1.29 is 0 Å². The number of aryl methyl sites for hydroxylation is 1. The molecule has 0 aliphatic heterocycles. The van der Waals surface area contributed by atoms with E-state index in [1.165, 1.54) is 24.9 Å². The van der Waals surface area contributed by atoms with Crippen LogP contribution >= 0.6 is 0 Å². The van der Waals surface area contributed by atoms with Crippen molar-refractivity contribution in [1.29, 1.82) is 0 Å². The highest BCUT2D eigenvalue weighted by atomic mass is 14.9. The molecule has 0 heterocycles. The first-order valence-corrected chi connectivity index (χ1v) is 5.36. The average molecular weight is 190 g/mol. The van der Waals surface area contributed by atoms with E-state index in [1.54, 1.807) is 0 Å². The molecule has 1 aromatic rings. The summed E-state index contributed by atoms with van der Waals surface area (Å²) in [7, 11) is 0. The Kier molecular flexibility index (Phi) is 2.62. The van der Waals surface area contributed by atoms with Gasteiger partial charge in [0.1, 0.15) is 0 Å². The smallest absolute Gasteiger partial charge is 0.0345 e. The molecular formula is C12H18N2. The molecule has 2 nitrogen and oxygen atoms in total. The van der Waals surface area contributed by atoms with Gasteiger partial charge in [-0.05, 0) is 43.0 Å². The minimum atomic E-state index is 0.873. The highest BCUT2D eigenvalue weighted by molar-refractivity contribution is 5.56. The molecule has 1 fully saturated rings. The Balaban J connectivity index is 1.85. The number of hydrogen-bond acceptors (Lipinski definition) is 2. The molecule has 2 rings (SSSR count). The predicted octanol–water partition coefficient (Wildman–Crippen LogP) is 2.79. The van der Waals surface area contributed by atoms with E-state index in [0.29, 0.717) is 0 Å². The van der Waals surface area contributed by atoms with E-state index in [2.05, 4.69) is 17.4 Å². The Hall–Kier alpha value is -1.18. The lowest BCUT2D eigenvalue weighted by Crippen LogP contribution is -2.02. The Morgan fingerprint density at radius 3 is 2.86 bits per heavy atom. The summed E-state index contributed by atoms with van der Waals surface area (Å²) >= 11 is 0. The van der Waals surface area contributed by atoms with Crippen molar-refractivity contribution in [2.45, 2.75) is 26.2 Å². The standard InChI is InChI=1S/C12H18N2/c1-9-8-11(4-5-12(9)13)14-7-6-10-2-3-10/h4-5,8,10,14H,2-3,6-7,13H2,1H3. The Bertz CT molecular complexity index is 316. The zero-order valence-electron chi connectivity index (χ0n) is 8.72. The number of anilines is 2. The van der Waals surface area contributed by atoms with Gasteiger partial charge in [-0.25, -0.2) is 0 Å². The number of benzene rings is 1. The third kappa shape index (κ3) is 2.41. The van der Waals surface area contributed by atoms with Gasteiger partial charge < -0.3 is 11.1 Å². The molecule has 0 radical (unpaired) electrons. The van der Waals surface area contributed by atoms with E-state index in [0.717, 1.165) is 23.7 Å². The molecule has 3 N–H and O–H groups in total. The van der Waals surface area contributed by atoms with Crippen LogP contribution in [0, 0.1) is 12.8 Å². The van der Waals surface area contributed by atoms with E-state index in [9.17, 15) is 0 Å². The van der Waals surface area contributed by atoms with E-state index >= 15 is 0 Å². The summed E-state index contributed by atoms with van der Waals surface area (Å²) in [6.45, 7) is 3.13. The quantitative estimate of drug-likeness (QED) is 0.716. The van der Waals surface area contributed by atoms with Crippen LogP contribution in [0.2, 0.25) is 0 Å². The van der Waals surface area contributed by atoms with Gasteiger partial charge in [-0.3, -0.25) is 0 Å². The zero-order chi connectivity index (χ0) is 9.97. The van der Waals surface area contributed by atoms with Gasteiger partial charge in [0.2, 0.25) is 0 Å². The minimum absolute atomic E-state index is 0.873. The summed E-state index contributed by atoms with van der Waals surface area (Å²) in [6, 6.07) is 6.13. The molecule has 1 saturated carbocycles. The topological polar surface area (TPSA) is 38.0 Å². The van der Waals surface area contributed by atoms with Crippen LogP contribution in [-0.4, -0.2) is 6.54 Å². The van der Waals surface area contributed by atoms with Gasteiger partial charge in [-0.15, -0.1) is 0 Å². The maximum atomic E-state index is 5.75. The van der Waals surface area contributed by atoms with Crippen molar-refractivity contribution in [2.75, 3.05) is 17.6 Å². The summed E-state index contributed by atoms with van der Waals surface area (Å²) in [5.41, 5.74) is 8.97. The van der Waals surface area contributed by atoms with E-state index in [4.69, 9.17) is 5.73 Å². The molecule has 1 aliphatic rings. The molecule has 0 unspecified atom stereocenters. The Morgan fingerprint density at radius 2 is 2.21 bits per heavy atom. The van der Waals surface area contributed by atoms with Crippen LogP contribution in [0.5, 0.6) is 0 Å². The number of nitrogens with one attached hydrogen (secondary N) is 1. The van der Waals surface area contributed by atoms with Crippen LogP contribution in [0.1, 0.15) is 24.8 Å². The number of hydrogen-bond donors (Lipinski definition) is 2. The number of nitrogens with two attached hydrogens (primary N) is 1. The van der Waals surface area contributed by atoms with Crippen molar-refractivity contribution in [3.63, 3.8) is 0 Å². The Labute approximate surface area is 85.5 Å². The average Bonchev–Trinajstić information content (AvgIpc) is 2.95. The van der Waals surface area contributed by atoms with Crippen molar-refractivity contribution >= 4 is 11.4 Å². The van der Waals surface area contributed by atoms with Gasteiger partial charge in [0.15, 0.2) is 0 Å². The molecule has 76 valence electrons. The maximum Gasteiger partial charge on any atom is 0.0345 e. The van der Waals surface area contributed by atoms with E-state index in [1.807, 2.05) is 13.0 Å². The van der Waals surface area contributed by atoms with Crippen LogP contribution < -0.4 is 11.1 Å². The first-order valence-electron chi connectivity index (χ1n) is 5.36. The molecule has 1 aliphatic carbocycles. The van der Waals surface area contributed by atoms with Gasteiger partial charge in [-0.1, -0.05) is 12.8 Å². The number of nitrogen functional groups attached to an aromatic ring is 1. The molecule has 0 saturated heterocycles. The fourth-order valence-electron chi connectivity index (χ4n) is 1.61. The fourth-order valence-corrected chi connectivity index (χ4v) is 1.61. The third-order valence-corrected chi connectivity index (χ3v) is 2.85. The van der Waals surface area contributed by atoms with Crippen molar-refractivity contribution in [3.8, 4) is 0 Å². The van der Waals surface area contributed by atoms with Crippen LogP contribution in [0.25, 0.3) is 0 Å². The lowest BCUT2D eigenvalue weighted by Gasteiger charge is -2.07. The summed E-state index contributed by atoms with van der Waals surface area (Å²) in [5, 5.41) is 3.43. The second-order valence-corrected chi connectivity index (χ2v) is 4.23. The SMILES string of the molecule is Cc1cc(NCCC2CC2)ccc1N. The van der Waals surface area contributed by atoms with Gasteiger partial charge in [0, 0.05) is 17.9 Å². The van der Waals surface area contributed by atoms with Crippen molar-refractivity contribution in [3.05, 3.63) is 23.8 Å². The summed E-state index contributed by atoms with van der Waals surface area (Å²) < 4.78 is 0. The molecule has 0 atom stereocenters. The van der Waals surface area contributed by atoms with Gasteiger partial charge in [-0.2, -0.15) is 0 Å². The van der Waals surface area contributed by atoms with E-state index < -0.39 is 0 Å². The van der Waals surface area contributed by atoms with Crippen molar-refractivity contribution in [2.24, 2.45) is 5.92 Å². The van der Waals surface area contributed by atoms with Gasteiger partial charge in [0.05, 0.1) is 0 Å². The van der Waals surface area contributed by atoms with Crippen LogP contribution in [0.3, 0.4) is 0 Å². The lowest BCUT2D eigenvalue weighted by molar-refractivity contribution is 0.760. The molecule has 0 aromatic heterocycles. The summed E-state index contributed by atoms with van der Waals surface area (Å²) in [4.78, 5) is 0. The molecule has 0 amide bonds. The summed E-state index contributed by atoms with van der Waals surface area (Å²) in [5.74, 6) is 0.998. The molecule has 0 bridgehead atoms. The number of rotatable bonds is 4. The highest BCUT2D eigenvalue weighted by Crippen LogP contribution is 2.32. The fraction of sp³-hybridized carbons (Fsp3) is 0.500. The molecule has 2 heteroatoms. The van der Waals surface area contributed by atoms with Gasteiger partial charge in [0.25, 0.3) is 0 Å². The van der Waals surface area contributed by atoms with Crippen LogP contribution in [-0.2, 0) is 0 Å². The Morgan fingerprint density at radius 1 is 1.43 bits per heavy atom. The molecule has 0 spiro atoms. The van der Waals surface area contributed by atoms with E-state index in [-0.39, 0.29) is 0 Å². The normalized spacial score (nSPS) is 15.5. The second kappa shape index (κ2) is 3.91. The maximum absolute atomic E-state index is 5.75. The largest absolute Gasteiger partial charge is 0.399 e. The predicted molar refractivity (Wildman–Crippen MR) is 61.4 cm³/mol. The monoisotopic (exact) mass is 190 g/mol. The second-order valence-electron chi connectivity index (χ2n) is 4.23. The zero-order valence-corrected chi connectivity index (χ0v) is 8.72. The minimum Gasteiger partial charge on any atom is -0.399 e. The summed E-state index contributed by atoms with van der Waals surface area (Å²) in [6.07, 6.45) is 4.17. The molecular weight excluding hydrogens is 172 g/mol. The first kappa shape index (κ1) is 9.38. The van der Waals surface area contributed by atoms with Crippen molar-refractivity contribution in [1.82, 2.24) is 0 Å². The first-order chi connectivity index (χ1) is 6.75. The molecule has 14 heavy (non-hydrogen) atoms. The van der Waals surface area contributed by atoms with Gasteiger partial charge >= 0.3 is 0 Å². The highest BCUT2D eigenvalue weighted by Gasteiger charge is 2.19. The third-order valence-electron chi connectivity index (χ3n) is 2.85. The molecule has 1 aromatic carbocycles.